The minimum absolute atomic E-state index is 0.225. The fourth-order valence-corrected chi connectivity index (χ4v) is 5.08. The van der Waals surface area contributed by atoms with Crippen LogP contribution in [0.5, 0.6) is 0 Å². The summed E-state index contributed by atoms with van der Waals surface area (Å²) in [7, 11) is 0. The number of cyclic esters (lactones) is 1. The lowest BCUT2D eigenvalue weighted by Gasteiger charge is -2.04. The monoisotopic (exact) mass is 390 g/mol. The molecule has 3 rings (SSSR count). The number of hydrogen-bond acceptors (Lipinski definition) is 4. The van der Waals surface area contributed by atoms with Gasteiger partial charge in [-0.05, 0) is 49.4 Å². The summed E-state index contributed by atoms with van der Waals surface area (Å²) in [5, 5.41) is 0. The fraction of sp³-hybridized carbons (Fsp3) is 0.875. The summed E-state index contributed by atoms with van der Waals surface area (Å²) in [5.41, 5.74) is 0. The molecule has 0 aromatic rings. The van der Waals surface area contributed by atoms with E-state index in [1.807, 2.05) is 0 Å². The third-order valence-corrected chi connectivity index (χ3v) is 7.16. The Morgan fingerprint density at radius 2 is 1.46 bits per heavy atom. The number of hydrogen-bond donors (Lipinski definition) is 0. The van der Waals surface area contributed by atoms with Crippen LogP contribution < -0.4 is 0 Å². The molecule has 28 heavy (non-hydrogen) atoms. The summed E-state index contributed by atoms with van der Waals surface area (Å²) in [6.45, 7) is 2.06. The minimum Gasteiger partial charge on any atom is -0.457 e. The Bertz CT molecular complexity index is 539. The van der Waals surface area contributed by atoms with Crippen molar-refractivity contribution in [3.63, 3.8) is 0 Å². The number of ketones is 2. The lowest BCUT2D eigenvalue weighted by molar-refractivity contribution is -0.144. The van der Waals surface area contributed by atoms with Crippen LogP contribution in [0.3, 0.4) is 0 Å². The highest BCUT2D eigenvalue weighted by atomic mass is 16.5. The van der Waals surface area contributed by atoms with Crippen molar-refractivity contribution in [2.75, 3.05) is 6.61 Å². The van der Waals surface area contributed by atoms with Gasteiger partial charge in [0.05, 0.1) is 0 Å². The lowest BCUT2D eigenvalue weighted by atomic mass is 9.96. The number of Topliss-reactive ketones (excluding diaryl/α,β-unsaturated/α-hetero) is 2. The van der Waals surface area contributed by atoms with Gasteiger partial charge in [-0.25, -0.2) is 0 Å². The highest BCUT2D eigenvalue weighted by Crippen LogP contribution is 2.54. The van der Waals surface area contributed by atoms with Crippen molar-refractivity contribution in [2.45, 2.75) is 96.8 Å². The Morgan fingerprint density at radius 3 is 2.07 bits per heavy atom. The molecule has 4 heteroatoms. The topological polar surface area (TPSA) is 60.4 Å². The maximum absolute atomic E-state index is 12.0. The Kier molecular flexibility index (Phi) is 8.11. The summed E-state index contributed by atoms with van der Waals surface area (Å²) in [4.78, 5) is 34.8. The third kappa shape index (κ3) is 6.42. The van der Waals surface area contributed by atoms with E-state index >= 15 is 0 Å². The molecule has 0 N–H and O–H groups in total. The van der Waals surface area contributed by atoms with Crippen molar-refractivity contribution in [3.05, 3.63) is 0 Å². The zero-order valence-electron chi connectivity index (χ0n) is 17.6. The third-order valence-electron chi connectivity index (χ3n) is 7.16. The maximum Gasteiger partial charge on any atom is 0.324 e. The molecule has 0 aromatic carbocycles. The van der Waals surface area contributed by atoms with E-state index in [0.29, 0.717) is 6.42 Å². The van der Waals surface area contributed by atoms with Crippen LogP contribution in [0.4, 0.5) is 0 Å². The van der Waals surface area contributed by atoms with Crippen LogP contribution in [-0.2, 0) is 19.1 Å². The van der Waals surface area contributed by atoms with Crippen LogP contribution in [0, 0.1) is 29.6 Å². The SMILES string of the molecule is CCCCCC1CC1CC1CC1CCCCCCCC(=O)C1C(=O)COC1=O. The van der Waals surface area contributed by atoms with E-state index in [1.54, 1.807) is 0 Å². The second-order valence-electron chi connectivity index (χ2n) is 9.52. The molecule has 0 amide bonds. The molecule has 158 valence electrons. The summed E-state index contributed by atoms with van der Waals surface area (Å²) in [6.07, 6.45) is 17.4. The predicted molar refractivity (Wildman–Crippen MR) is 109 cm³/mol. The first-order valence-electron chi connectivity index (χ1n) is 11.8. The molecule has 3 aliphatic rings. The van der Waals surface area contributed by atoms with E-state index in [-0.39, 0.29) is 18.2 Å². The van der Waals surface area contributed by atoms with Gasteiger partial charge in [0.15, 0.2) is 24.1 Å². The molecular formula is C24H38O4. The molecule has 0 aromatic heterocycles. The molecule has 5 unspecified atom stereocenters. The number of esters is 1. The average molecular weight is 391 g/mol. The molecule has 0 radical (unpaired) electrons. The maximum atomic E-state index is 12.0. The van der Waals surface area contributed by atoms with Crippen molar-refractivity contribution in [3.8, 4) is 0 Å². The van der Waals surface area contributed by atoms with Crippen LogP contribution in [0.2, 0.25) is 0 Å². The van der Waals surface area contributed by atoms with Crippen LogP contribution >= 0.6 is 0 Å². The predicted octanol–water partition coefficient (Wildman–Crippen LogP) is 5.27. The fourth-order valence-electron chi connectivity index (χ4n) is 5.08. The molecule has 3 fully saturated rings. The van der Waals surface area contributed by atoms with Gasteiger partial charge < -0.3 is 4.74 Å². The van der Waals surface area contributed by atoms with Crippen molar-refractivity contribution in [1.29, 1.82) is 0 Å². The highest BCUT2D eigenvalue weighted by Gasteiger charge is 2.44. The number of ether oxygens (including phenoxy) is 1. The van der Waals surface area contributed by atoms with Crippen LogP contribution in [0.15, 0.2) is 0 Å². The number of carbonyl (C=O) groups is 3. The first kappa shape index (κ1) is 21.5. The van der Waals surface area contributed by atoms with Crippen molar-refractivity contribution < 1.29 is 19.1 Å². The standard InChI is InChI=1S/C24H38O4/c1-2-3-7-10-17-13-19(17)15-20-14-18(20)11-8-5-4-6-9-12-21(25)23-22(26)16-28-24(23)27/h17-20,23H,2-16H2,1H3. The molecule has 2 saturated carbocycles. The number of carbonyl (C=O) groups excluding carboxylic acids is 3. The van der Waals surface area contributed by atoms with Gasteiger partial charge in [-0.15, -0.1) is 0 Å². The summed E-state index contributed by atoms with van der Waals surface area (Å²) >= 11 is 0. The highest BCUT2D eigenvalue weighted by molar-refractivity contribution is 6.20. The molecule has 0 spiro atoms. The Hall–Kier alpha value is -1.19. The Morgan fingerprint density at radius 1 is 0.857 bits per heavy atom. The summed E-state index contributed by atoms with van der Waals surface area (Å²) in [5.74, 6) is 1.77. The van der Waals surface area contributed by atoms with E-state index in [9.17, 15) is 14.4 Å². The quantitative estimate of drug-likeness (QED) is 0.217. The van der Waals surface area contributed by atoms with Gasteiger partial charge in [0, 0.05) is 6.42 Å². The van der Waals surface area contributed by atoms with Crippen LogP contribution in [-0.4, -0.2) is 24.1 Å². The van der Waals surface area contributed by atoms with Crippen molar-refractivity contribution >= 4 is 17.5 Å². The summed E-state index contributed by atoms with van der Waals surface area (Å²) < 4.78 is 4.64. The molecular weight excluding hydrogens is 352 g/mol. The summed E-state index contributed by atoms with van der Waals surface area (Å²) in [6, 6.07) is 0. The van der Waals surface area contributed by atoms with E-state index in [0.717, 1.165) is 42.9 Å². The zero-order valence-corrected chi connectivity index (χ0v) is 17.6. The van der Waals surface area contributed by atoms with E-state index in [1.165, 1.54) is 64.2 Å². The van der Waals surface area contributed by atoms with Gasteiger partial charge in [-0.3, -0.25) is 14.4 Å². The minimum atomic E-state index is -1.12. The zero-order chi connectivity index (χ0) is 19.9. The molecule has 4 nitrogen and oxygen atoms in total. The van der Waals surface area contributed by atoms with Crippen LogP contribution in [0.1, 0.15) is 96.8 Å². The van der Waals surface area contributed by atoms with Gasteiger partial charge in [-0.2, -0.15) is 0 Å². The van der Waals surface area contributed by atoms with Crippen LogP contribution in [0.25, 0.3) is 0 Å². The van der Waals surface area contributed by atoms with Crippen molar-refractivity contribution in [1.82, 2.24) is 0 Å². The van der Waals surface area contributed by atoms with Gasteiger partial charge >= 0.3 is 5.97 Å². The normalized spacial score (nSPS) is 31.1. The van der Waals surface area contributed by atoms with Gasteiger partial charge in [0.2, 0.25) is 0 Å². The molecule has 1 saturated heterocycles. The van der Waals surface area contributed by atoms with Gasteiger partial charge in [0.25, 0.3) is 0 Å². The van der Waals surface area contributed by atoms with E-state index < -0.39 is 11.9 Å². The Labute approximate surface area is 170 Å². The van der Waals surface area contributed by atoms with Gasteiger partial charge in [-0.1, -0.05) is 64.7 Å². The largest absolute Gasteiger partial charge is 0.457 e. The first-order valence-corrected chi connectivity index (χ1v) is 11.8. The first-order chi connectivity index (χ1) is 13.6. The van der Waals surface area contributed by atoms with E-state index in [2.05, 4.69) is 11.7 Å². The molecule has 2 aliphatic carbocycles. The molecule has 0 bridgehead atoms. The number of unbranched alkanes of at least 4 members (excludes halogenated alkanes) is 6. The second kappa shape index (κ2) is 10.5. The lowest BCUT2D eigenvalue weighted by Crippen LogP contribution is -2.25. The Balaban J connectivity index is 1.13. The molecule has 1 heterocycles. The van der Waals surface area contributed by atoms with Gasteiger partial charge in [0.1, 0.15) is 0 Å². The second-order valence-corrected chi connectivity index (χ2v) is 9.52. The number of rotatable bonds is 15. The molecule has 5 atom stereocenters. The average Bonchev–Trinajstić information content (AvgIpc) is 3.56. The van der Waals surface area contributed by atoms with E-state index in [4.69, 9.17) is 0 Å². The molecule has 1 aliphatic heterocycles. The smallest absolute Gasteiger partial charge is 0.324 e. The van der Waals surface area contributed by atoms with Crippen molar-refractivity contribution in [2.24, 2.45) is 29.6 Å².